The molecule has 3 rings (SSSR count). The van der Waals surface area contributed by atoms with E-state index in [4.69, 9.17) is 11.6 Å². The van der Waals surface area contributed by atoms with Crippen LogP contribution in [0.1, 0.15) is 5.56 Å². The van der Waals surface area contributed by atoms with Crippen molar-refractivity contribution in [1.29, 1.82) is 0 Å². The normalized spacial score (nSPS) is 16.8. The number of nitrogens with zero attached hydrogens (tertiary/aromatic N) is 2. The van der Waals surface area contributed by atoms with Gasteiger partial charge in [0.1, 0.15) is 0 Å². The van der Waals surface area contributed by atoms with Gasteiger partial charge in [0.2, 0.25) is 10.0 Å². The maximum Gasteiger partial charge on any atom is 0.261 e. The standard InChI is InChI=1S/C18H22ClN3O4S2/c1-14-3-6-16(20-27(23,24)17-7-4-15(19)5-8-17)13-18(14)28(25,26)22-11-9-21(2)10-12-22/h3-8,13,20H,9-12H2,1-2H3. The van der Waals surface area contributed by atoms with Crippen LogP contribution in [0.25, 0.3) is 0 Å². The first kappa shape index (κ1) is 21.1. The van der Waals surface area contributed by atoms with Crippen LogP contribution in [-0.2, 0) is 20.0 Å². The zero-order valence-electron chi connectivity index (χ0n) is 15.6. The summed E-state index contributed by atoms with van der Waals surface area (Å²) in [6.07, 6.45) is 0. The number of benzene rings is 2. The molecule has 152 valence electrons. The summed E-state index contributed by atoms with van der Waals surface area (Å²) in [6.45, 7) is 3.81. The van der Waals surface area contributed by atoms with Crippen LogP contribution < -0.4 is 4.72 Å². The number of aryl methyl sites for hydroxylation is 1. The van der Waals surface area contributed by atoms with Gasteiger partial charge in [0.15, 0.2) is 0 Å². The Morgan fingerprint density at radius 1 is 0.929 bits per heavy atom. The average molecular weight is 444 g/mol. The van der Waals surface area contributed by atoms with Gasteiger partial charge in [-0.05, 0) is 55.9 Å². The van der Waals surface area contributed by atoms with Gasteiger partial charge in [0.25, 0.3) is 10.0 Å². The minimum Gasteiger partial charge on any atom is -0.304 e. The van der Waals surface area contributed by atoms with Crippen LogP contribution in [0.2, 0.25) is 5.02 Å². The Balaban J connectivity index is 1.90. The van der Waals surface area contributed by atoms with Crippen molar-refractivity contribution >= 4 is 37.3 Å². The monoisotopic (exact) mass is 443 g/mol. The number of anilines is 1. The Kier molecular flexibility index (Phi) is 6.02. The predicted octanol–water partition coefficient (Wildman–Crippen LogP) is 2.39. The minimum absolute atomic E-state index is 0.0425. The van der Waals surface area contributed by atoms with Gasteiger partial charge in [-0.25, -0.2) is 16.8 Å². The van der Waals surface area contributed by atoms with Crippen LogP contribution in [0, 0.1) is 6.92 Å². The summed E-state index contributed by atoms with van der Waals surface area (Å²) in [6, 6.07) is 10.3. The molecule has 2 aromatic carbocycles. The van der Waals surface area contributed by atoms with Crippen molar-refractivity contribution < 1.29 is 16.8 Å². The number of likely N-dealkylation sites (N-methyl/N-ethyl adjacent to an activating group) is 1. The van der Waals surface area contributed by atoms with E-state index in [9.17, 15) is 16.8 Å². The zero-order chi connectivity index (χ0) is 20.5. The van der Waals surface area contributed by atoms with E-state index in [1.165, 1.54) is 34.6 Å². The number of sulfonamides is 2. The van der Waals surface area contributed by atoms with Gasteiger partial charge in [0, 0.05) is 31.2 Å². The topological polar surface area (TPSA) is 86.8 Å². The van der Waals surface area contributed by atoms with E-state index in [0.717, 1.165) is 0 Å². The molecular weight excluding hydrogens is 422 g/mol. The first-order valence-electron chi connectivity index (χ1n) is 8.67. The van der Waals surface area contributed by atoms with Crippen molar-refractivity contribution in [3.8, 4) is 0 Å². The molecule has 0 saturated carbocycles. The van der Waals surface area contributed by atoms with Crippen LogP contribution in [-0.4, -0.2) is 59.3 Å². The van der Waals surface area contributed by atoms with Gasteiger partial charge < -0.3 is 4.90 Å². The van der Waals surface area contributed by atoms with Crippen LogP contribution in [0.3, 0.4) is 0 Å². The molecule has 0 aliphatic carbocycles. The molecule has 1 aliphatic rings. The first-order valence-corrected chi connectivity index (χ1v) is 12.0. The van der Waals surface area contributed by atoms with Gasteiger partial charge in [-0.1, -0.05) is 17.7 Å². The fraction of sp³-hybridized carbons (Fsp3) is 0.333. The fourth-order valence-electron chi connectivity index (χ4n) is 2.94. The predicted molar refractivity (Wildman–Crippen MR) is 110 cm³/mol. The Morgan fingerprint density at radius 2 is 1.54 bits per heavy atom. The van der Waals surface area contributed by atoms with Crippen LogP contribution in [0.4, 0.5) is 5.69 Å². The Hall–Kier alpha value is -1.65. The summed E-state index contributed by atoms with van der Waals surface area (Å²) in [5.41, 5.74) is 0.752. The summed E-state index contributed by atoms with van der Waals surface area (Å²) in [7, 11) is -5.63. The smallest absolute Gasteiger partial charge is 0.261 e. The third-order valence-corrected chi connectivity index (χ3v) is 8.33. The summed E-state index contributed by atoms with van der Waals surface area (Å²) in [5.74, 6) is 0. The average Bonchev–Trinajstić information content (AvgIpc) is 2.64. The summed E-state index contributed by atoms with van der Waals surface area (Å²) < 4.78 is 55.1. The number of halogens is 1. The van der Waals surface area contributed by atoms with Crippen molar-refractivity contribution in [3.05, 3.63) is 53.1 Å². The maximum atomic E-state index is 13.1. The lowest BCUT2D eigenvalue weighted by molar-refractivity contribution is 0.222. The number of hydrogen-bond acceptors (Lipinski definition) is 5. The van der Waals surface area contributed by atoms with Crippen LogP contribution >= 0.6 is 11.6 Å². The first-order chi connectivity index (χ1) is 13.1. The lowest BCUT2D eigenvalue weighted by atomic mass is 10.2. The molecule has 0 amide bonds. The summed E-state index contributed by atoms with van der Waals surface area (Å²) in [5, 5.41) is 0.426. The van der Waals surface area contributed by atoms with E-state index < -0.39 is 20.0 Å². The zero-order valence-corrected chi connectivity index (χ0v) is 18.0. The van der Waals surface area contributed by atoms with Crippen LogP contribution in [0.5, 0.6) is 0 Å². The molecule has 1 N–H and O–H groups in total. The summed E-state index contributed by atoms with van der Waals surface area (Å²) in [4.78, 5) is 2.21. The van der Waals surface area contributed by atoms with Crippen molar-refractivity contribution in [2.75, 3.05) is 37.9 Å². The highest BCUT2D eigenvalue weighted by Gasteiger charge is 2.29. The molecule has 1 fully saturated rings. The van der Waals surface area contributed by atoms with Crippen molar-refractivity contribution in [3.63, 3.8) is 0 Å². The molecule has 0 unspecified atom stereocenters. The molecule has 2 aromatic rings. The van der Waals surface area contributed by atoms with Gasteiger partial charge in [-0.15, -0.1) is 0 Å². The Bertz CT molecular complexity index is 1060. The SMILES string of the molecule is Cc1ccc(NS(=O)(=O)c2ccc(Cl)cc2)cc1S(=O)(=O)N1CCN(C)CC1. The van der Waals surface area contributed by atoms with Crippen LogP contribution in [0.15, 0.2) is 52.3 Å². The van der Waals surface area contributed by atoms with E-state index >= 15 is 0 Å². The lowest BCUT2D eigenvalue weighted by Crippen LogP contribution is -2.47. The molecule has 0 atom stereocenters. The lowest BCUT2D eigenvalue weighted by Gasteiger charge is -2.32. The third kappa shape index (κ3) is 4.49. The number of hydrogen-bond donors (Lipinski definition) is 1. The summed E-state index contributed by atoms with van der Waals surface area (Å²) >= 11 is 5.80. The fourth-order valence-corrected chi connectivity index (χ4v) is 5.79. The highest BCUT2D eigenvalue weighted by molar-refractivity contribution is 7.92. The molecule has 1 aliphatic heterocycles. The maximum absolute atomic E-state index is 13.1. The molecule has 1 heterocycles. The van der Waals surface area contributed by atoms with Crippen molar-refractivity contribution in [1.82, 2.24) is 9.21 Å². The largest absolute Gasteiger partial charge is 0.304 e. The highest BCUT2D eigenvalue weighted by atomic mass is 35.5. The molecule has 1 saturated heterocycles. The molecule has 10 heteroatoms. The number of piperazine rings is 1. The van der Waals surface area contributed by atoms with E-state index in [2.05, 4.69) is 9.62 Å². The molecule has 7 nitrogen and oxygen atoms in total. The van der Waals surface area contributed by atoms with Crippen molar-refractivity contribution in [2.45, 2.75) is 16.7 Å². The van der Waals surface area contributed by atoms with E-state index in [1.54, 1.807) is 19.1 Å². The molecular formula is C18H22ClN3O4S2. The van der Waals surface area contributed by atoms with Crippen molar-refractivity contribution in [2.24, 2.45) is 0 Å². The molecule has 0 radical (unpaired) electrons. The molecule has 0 bridgehead atoms. The quantitative estimate of drug-likeness (QED) is 0.766. The van der Waals surface area contributed by atoms with Gasteiger partial charge in [-0.2, -0.15) is 4.31 Å². The van der Waals surface area contributed by atoms with Gasteiger partial charge in [0.05, 0.1) is 15.5 Å². The second-order valence-corrected chi connectivity index (χ2v) is 10.8. The third-order valence-electron chi connectivity index (χ3n) is 4.64. The van der Waals surface area contributed by atoms with Gasteiger partial charge >= 0.3 is 0 Å². The Labute approximate surface area is 171 Å². The molecule has 0 spiro atoms. The number of rotatable bonds is 5. The second-order valence-electron chi connectivity index (χ2n) is 6.75. The number of nitrogens with one attached hydrogen (secondary N) is 1. The minimum atomic E-state index is -3.86. The Morgan fingerprint density at radius 3 is 2.14 bits per heavy atom. The van der Waals surface area contributed by atoms with E-state index in [0.29, 0.717) is 36.8 Å². The molecule has 28 heavy (non-hydrogen) atoms. The second kappa shape index (κ2) is 8.00. The van der Waals surface area contributed by atoms with Gasteiger partial charge in [-0.3, -0.25) is 4.72 Å². The highest BCUT2D eigenvalue weighted by Crippen LogP contribution is 2.26. The molecule has 0 aromatic heterocycles. The van der Waals surface area contributed by atoms with E-state index in [1.807, 2.05) is 7.05 Å². The van der Waals surface area contributed by atoms with E-state index in [-0.39, 0.29) is 15.5 Å².